The average molecular weight is 340 g/mol. The minimum absolute atomic E-state index is 0.00909. The number of halogens is 1. The van der Waals surface area contributed by atoms with E-state index in [1.54, 1.807) is 0 Å². The van der Waals surface area contributed by atoms with Crippen molar-refractivity contribution in [2.24, 2.45) is 11.8 Å². The monoisotopic (exact) mass is 340 g/mol. The molecule has 7 heteroatoms. The van der Waals surface area contributed by atoms with Crippen molar-refractivity contribution < 1.29 is 23.5 Å². The smallest absolute Gasteiger partial charge is 0.272 e. The van der Waals surface area contributed by atoms with E-state index in [0.29, 0.717) is 19.3 Å². The molecule has 2 saturated carbocycles. The second-order valence-electron chi connectivity index (χ2n) is 6.92. The van der Waals surface area contributed by atoms with Crippen LogP contribution in [-0.2, 0) is 14.4 Å². The normalized spacial score (nSPS) is 27.8. The zero-order valence-corrected chi connectivity index (χ0v) is 13.1. The summed E-state index contributed by atoms with van der Waals surface area (Å²) >= 11 is 0. The van der Waals surface area contributed by atoms with Gasteiger partial charge in [0.15, 0.2) is 11.4 Å². The highest BCUT2D eigenvalue weighted by Crippen LogP contribution is 2.53. The van der Waals surface area contributed by atoms with Gasteiger partial charge in [-0.25, -0.2) is 9.29 Å². The number of fused-ring (bicyclic) bond motifs is 2. The second-order valence-corrected chi connectivity index (χ2v) is 6.92. The van der Waals surface area contributed by atoms with E-state index in [4.69, 9.17) is 11.2 Å². The number of nitrogens with zero attached hydrogens (tertiary/aromatic N) is 2. The molecule has 5 rings (SSSR count). The molecular weight excluding hydrogens is 327 g/mol. The molecule has 0 radical (unpaired) electrons. The number of carbonyl (C=O) groups excluding carboxylic acids is 3. The van der Waals surface area contributed by atoms with Gasteiger partial charge in [0, 0.05) is 18.9 Å². The fraction of sp³-hybridized carbons (Fsp3) is 0.389. The van der Waals surface area contributed by atoms with Gasteiger partial charge in [-0.2, -0.15) is 0 Å². The van der Waals surface area contributed by atoms with Crippen LogP contribution in [0.2, 0.25) is 0 Å². The summed E-state index contributed by atoms with van der Waals surface area (Å²) in [6, 6.07) is 2.45. The Morgan fingerprint density at radius 3 is 2.48 bits per heavy atom. The molecule has 2 atom stereocenters. The Hall–Kier alpha value is -2.88. The first-order valence-corrected chi connectivity index (χ1v) is 8.13. The molecule has 6 nitrogen and oxygen atoms in total. The number of anilines is 2. The van der Waals surface area contributed by atoms with Gasteiger partial charge >= 0.3 is 0 Å². The Morgan fingerprint density at radius 2 is 1.88 bits per heavy atom. The van der Waals surface area contributed by atoms with Gasteiger partial charge in [-0.3, -0.25) is 19.3 Å². The molecule has 4 aliphatic rings. The molecule has 2 aliphatic heterocycles. The molecule has 2 aliphatic carbocycles. The number of benzene rings is 1. The van der Waals surface area contributed by atoms with E-state index in [2.05, 4.69) is 5.92 Å². The molecule has 2 heterocycles. The summed E-state index contributed by atoms with van der Waals surface area (Å²) in [4.78, 5) is 39.4. The van der Waals surface area contributed by atoms with E-state index < -0.39 is 11.4 Å². The number of rotatable bonds is 2. The predicted octanol–water partition coefficient (Wildman–Crippen LogP) is 1.23. The number of hydrogen-bond donors (Lipinski definition) is 0. The van der Waals surface area contributed by atoms with Crippen LogP contribution in [0.15, 0.2) is 12.1 Å². The van der Waals surface area contributed by atoms with Gasteiger partial charge in [0.05, 0.1) is 29.8 Å². The van der Waals surface area contributed by atoms with E-state index in [0.717, 1.165) is 11.0 Å². The number of piperidine rings is 1. The van der Waals surface area contributed by atoms with Crippen LogP contribution in [0.4, 0.5) is 15.8 Å². The van der Waals surface area contributed by atoms with Crippen molar-refractivity contribution in [3.63, 3.8) is 0 Å². The first kappa shape index (κ1) is 14.5. The SMILES string of the molecule is C#CCN1C(=O)C2(CC2)Oc2cc(F)c(N3C(=O)C4CC4C3=O)cc21. The van der Waals surface area contributed by atoms with Crippen LogP contribution < -0.4 is 14.5 Å². The van der Waals surface area contributed by atoms with Crippen LogP contribution >= 0.6 is 0 Å². The first-order chi connectivity index (χ1) is 12.0. The third kappa shape index (κ3) is 1.77. The molecule has 1 saturated heterocycles. The second kappa shape index (κ2) is 4.39. The van der Waals surface area contributed by atoms with E-state index >= 15 is 0 Å². The van der Waals surface area contributed by atoms with Crippen molar-refractivity contribution in [1.82, 2.24) is 0 Å². The van der Waals surface area contributed by atoms with Crippen LogP contribution in [0.25, 0.3) is 0 Å². The molecule has 1 aromatic carbocycles. The van der Waals surface area contributed by atoms with Gasteiger partial charge in [0.2, 0.25) is 11.8 Å². The zero-order chi connectivity index (χ0) is 17.5. The lowest BCUT2D eigenvalue weighted by molar-refractivity contribution is -0.128. The van der Waals surface area contributed by atoms with E-state index in [9.17, 15) is 18.8 Å². The Labute approximate surface area is 142 Å². The molecule has 3 fully saturated rings. The van der Waals surface area contributed by atoms with Crippen molar-refractivity contribution in [2.45, 2.75) is 24.9 Å². The fourth-order valence-electron chi connectivity index (χ4n) is 3.70. The fourth-order valence-corrected chi connectivity index (χ4v) is 3.70. The number of carbonyl (C=O) groups is 3. The molecule has 1 spiro atoms. The highest BCUT2D eigenvalue weighted by molar-refractivity contribution is 6.25. The average Bonchev–Trinajstić information content (AvgIpc) is 3.47. The summed E-state index contributed by atoms with van der Waals surface area (Å²) in [5.41, 5.74) is -0.803. The van der Waals surface area contributed by atoms with Gasteiger partial charge in [-0.05, 0) is 12.5 Å². The Kier molecular flexibility index (Phi) is 2.54. The summed E-state index contributed by atoms with van der Waals surface area (Å²) in [7, 11) is 0. The van der Waals surface area contributed by atoms with Gasteiger partial charge in [-0.1, -0.05) is 5.92 Å². The van der Waals surface area contributed by atoms with E-state index in [1.165, 1.54) is 11.0 Å². The molecule has 0 bridgehead atoms. The van der Waals surface area contributed by atoms with Crippen molar-refractivity contribution in [2.75, 3.05) is 16.3 Å². The number of imide groups is 1. The van der Waals surface area contributed by atoms with Crippen LogP contribution in [0.3, 0.4) is 0 Å². The highest BCUT2D eigenvalue weighted by Gasteiger charge is 2.61. The predicted molar refractivity (Wildman–Crippen MR) is 84.3 cm³/mol. The Balaban J connectivity index is 1.62. The summed E-state index contributed by atoms with van der Waals surface area (Å²) in [5, 5.41) is 0. The molecule has 126 valence electrons. The van der Waals surface area contributed by atoms with Gasteiger partial charge in [-0.15, -0.1) is 6.42 Å². The zero-order valence-electron chi connectivity index (χ0n) is 13.1. The van der Waals surface area contributed by atoms with Gasteiger partial charge in [0.1, 0.15) is 5.75 Å². The van der Waals surface area contributed by atoms with Gasteiger partial charge in [0.25, 0.3) is 5.91 Å². The lowest BCUT2D eigenvalue weighted by Crippen LogP contribution is -2.48. The summed E-state index contributed by atoms with van der Waals surface area (Å²) in [6.45, 7) is 0.00909. The van der Waals surface area contributed by atoms with Crippen LogP contribution in [0, 0.1) is 30.0 Å². The molecule has 1 aromatic rings. The standard InChI is InChI=1S/C18H13FN2O4/c1-2-5-20-13-8-12(21-15(22)9-6-10(9)16(21)23)11(19)7-14(13)25-18(3-4-18)17(20)24/h1,7-10H,3-6H2. The van der Waals surface area contributed by atoms with Crippen LogP contribution in [-0.4, -0.2) is 29.9 Å². The first-order valence-electron chi connectivity index (χ1n) is 8.13. The number of ether oxygens (including phenoxy) is 1. The maximum atomic E-state index is 14.6. The largest absolute Gasteiger partial charge is 0.475 e. The highest BCUT2D eigenvalue weighted by atomic mass is 19.1. The van der Waals surface area contributed by atoms with Crippen molar-refractivity contribution >= 4 is 29.1 Å². The quantitative estimate of drug-likeness (QED) is 0.600. The number of amides is 3. The van der Waals surface area contributed by atoms with Crippen molar-refractivity contribution in [3.8, 4) is 18.1 Å². The van der Waals surface area contributed by atoms with Crippen molar-refractivity contribution in [1.29, 1.82) is 0 Å². The molecule has 25 heavy (non-hydrogen) atoms. The summed E-state index contributed by atoms with van der Waals surface area (Å²) in [6.07, 6.45) is 7.02. The van der Waals surface area contributed by atoms with Crippen molar-refractivity contribution in [3.05, 3.63) is 17.9 Å². The molecular formula is C18H13FN2O4. The van der Waals surface area contributed by atoms with E-state index in [-0.39, 0.29) is 53.2 Å². The lowest BCUT2D eigenvalue weighted by Gasteiger charge is -2.34. The summed E-state index contributed by atoms with van der Waals surface area (Å²) < 4.78 is 20.3. The topological polar surface area (TPSA) is 66.9 Å². The van der Waals surface area contributed by atoms with E-state index in [1.807, 2.05) is 0 Å². The Bertz CT molecular complexity index is 894. The minimum atomic E-state index is -0.946. The maximum Gasteiger partial charge on any atom is 0.272 e. The van der Waals surface area contributed by atoms with Gasteiger partial charge < -0.3 is 4.74 Å². The minimum Gasteiger partial charge on any atom is -0.475 e. The Morgan fingerprint density at radius 1 is 1.20 bits per heavy atom. The molecule has 0 aromatic heterocycles. The number of hydrogen-bond acceptors (Lipinski definition) is 4. The molecule has 2 unspecified atom stereocenters. The third-order valence-corrected chi connectivity index (χ3v) is 5.32. The van der Waals surface area contributed by atoms with Crippen LogP contribution in [0.5, 0.6) is 5.75 Å². The molecule has 3 amide bonds. The maximum absolute atomic E-state index is 14.6. The number of terminal acetylenes is 1. The third-order valence-electron chi connectivity index (χ3n) is 5.32. The summed E-state index contributed by atoms with van der Waals surface area (Å²) in [5.74, 6) is 0.178. The van der Waals surface area contributed by atoms with Crippen LogP contribution in [0.1, 0.15) is 19.3 Å². The lowest BCUT2D eigenvalue weighted by atomic mass is 10.1. The molecule has 0 N–H and O–H groups in total.